The minimum atomic E-state index is -0.445. The highest BCUT2D eigenvalue weighted by molar-refractivity contribution is 7.12. The molecule has 3 N–H and O–H groups in total. The monoisotopic (exact) mass is 373 g/mol. The van der Waals surface area contributed by atoms with Crippen molar-refractivity contribution >= 4 is 29.0 Å². The van der Waals surface area contributed by atoms with Crippen molar-refractivity contribution < 1.29 is 9.59 Å². The molecule has 138 valence electrons. The molecule has 1 aliphatic heterocycles. The second-order valence-electron chi connectivity index (χ2n) is 6.93. The molecule has 1 saturated heterocycles. The quantitative estimate of drug-likeness (QED) is 0.726. The fourth-order valence-corrected chi connectivity index (χ4v) is 3.91. The van der Waals surface area contributed by atoms with E-state index in [9.17, 15) is 9.59 Å². The third-order valence-corrected chi connectivity index (χ3v) is 5.61. The number of carbonyl (C=O) groups excluding carboxylic acids is 2. The van der Waals surface area contributed by atoms with E-state index in [-0.39, 0.29) is 17.9 Å². The van der Waals surface area contributed by atoms with Crippen LogP contribution in [0.4, 0.5) is 5.82 Å². The molecule has 0 aromatic carbocycles. The molecule has 4 rings (SSSR count). The molecule has 2 aromatic heterocycles. The summed E-state index contributed by atoms with van der Waals surface area (Å²) in [5, 5.41) is 15.9. The van der Waals surface area contributed by atoms with Crippen LogP contribution in [-0.2, 0) is 4.79 Å². The van der Waals surface area contributed by atoms with Crippen molar-refractivity contribution in [2.24, 2.45) is 0 Å². The first kappa shape index (κ1) is 17.2. The number of nitrogens with zero attached hydrogens (tertiary/aromatic N) is 2. The minimum absolute atomic E-state index is 0.00575. The molecule has 3 heterocycles. The molecule has 0 spiro atoms. The second kappa shape index (κ2) is 7.20. The minimum Gasteiger partial charge on any atom is -0.322 e. The number of carbonyl (C=O) groups is 2. The Labute approximate surface area is 156 Å². The first-order chi connectivity index (χ1) is 12.6. The van der Waals surface area contributed by atoms with Crippen LogP contribution in [0, 0.1) is 0 Å². The summed E-state index contributed by atoms with van der Waals surface area (Å²) in [6.07, 6.45) is 4.21. The lowest BCUT2D eigenvalue weighted by Gasteiger charge is -2.32. The van der Waals surface area contributed by atoms with Gasteiger partial charge in [-0.1, -0.05) is 19.4 Å². The molecule has 0 radical (unpaired) electrons. The first-order valence-corrected chi connectivity index (χ1v) is 10.0. The van der Waals surface area contributed by atoms with Gasteiger partial charge in [-0.05, 0) is 30.7 Å². The Balaban J connectivity index is 1.59. The third kappa shape index (κ3) is 3.66. The molecular weight excluding hydrogens is 350 g/mol. The summed E-state index contributed by atoms with van der Waals surface area (Å²) in [6.45, 7) is 2.11. The Kier molecular flexibility index (Phi) is 4.78. The van der Waals surface area contributed by atoms with Gasteiger partial charge in [0.15, 0.2) is 6.29 Å². The molecular formula is C18H23N5O2S. The fourth-order valence-electron chi connectivity index (χ4n) is 3.29. The highest BCUT2D eigenvalue weighted by atomic mass is 32.1. The summed E-state index contributed by atoms with van der Waals surface area (Å²) < 4.78 is 1.71. The second-order valence-corrected chi connectivity index (χ2v) is 7.88. The lowest BCUT2D eigenvalue weighted by molar-refractivity contribution is -0.125. The Hall–Kier alpha value is -2.19. The number of hydrogen-bond donors (Lipinski definition) is 3. The molecule has 0 bridgehead atoms. The molecule has 2 fully saturated rings. The average Bonchev–Trinajstić information content (AvgIpc) is 3.15. The number of aromatic nitrogens is 2. The number of nitrogens with one attached hydrogen (secondary N) is 3. The van der Waals surface area contributed by atoms with E-state index in [1.54, 1.807) is 10.7 Å². The maximum Gasteiger partial charge on any atom is 0.266 e. The summed E-state index contributed by atoms with van der Waals surface area (Å²) in [4.78, 5) is 25.3. The molecule has 26 heavy (non-hydrogen) atoms. The van der Waals surface area contributed by atoms with Gasteiger partial charge >= 0.3 is 0 Å². The lowest BCUT2D eigenvalue weighted by Crippen LogP contribution is -2.53. The molecule has 7 nitrogen and oxygen atoms in total. The summed E-state index contributed by atoms with van der Waals surface area (Å²) in [7, 11) is 0. The molecule has 8 heteroatoms. The maximum absolute atomic E-state index is 12.5. The maximum atomic E-state index is 12.5. The van der Waals surface area contributed by atoms with Gasteiger partial charge in [-0.3, -0.25) is 14.9 Å². The lowest BCUT2D eigenvalue weighted by atomic mass is 10.1. The molecule has 2 aliphatic rings. The summed E-state index contributed by atoms with van der Waals surface area (Å²) >= 11 is 1.40. The molecule has 2 amide bonds. The van der Waals surface area contributed by atoms with Crippen LogP contribution in [0.1, 0.15) is 66.6 Å². The molecule has 1 aliphatic carbocycles. The molecule has 2 atom stereocenters. The van der Waals surface area contributed by atoms with Gasteiger partial charge in [-0.15, -0.1) is 11.3 Å². The standard InChI is InChI=1S/C18H23N5O2S/c1-2-4-12-9-16(24)21-18(19-12)23-15(10-13(22-23)11-6-7-11)20-17(25)14-5-3-8-26-14/h3,5,8,10-12,18-19H,2,4,6-7,9H2,1H3,(H,20,25)(H,21,24). The Bertz CT molecular complexity index is 797. The molecule has 2 unspecified atom stereocenters. The zero-order chi connectivity index (χ0) is 18.1. The predicted octanol–water partition coefficient (Wildman–Crippen LogP) is 2.81. The van der Waals surface area contributed by atoms with Crippen LogP contribution < -0.4 is 16.0 Å². The van der Waals surface area contributed by atoms with E-state index in [1.165, 1.54) is 11.3 Å². The Morgan fingerprint density at radius 1 is 1.46 bits per heavy atom. The largest absolute Gasteiger partial charge is 0.322 e. The van der Waals surface area contributed by atoms with Crippen molar-refractivity contribution in [1.82, 2.24) is 20.4 Å². The van der Waals surface area contributed by atoms with Crippen LogP contribution in [0.25, 0.3) is 0 Å². The van der Waals surface area contributed by atoms with Gasteiger partial charge in [0.1, 0.15) is 5.82 Å². The van der Waals surface area contributed by atoms with Crippen LogP contribution >= 0.6 is 11.3 Å². The Morgan fingerprint density at radius 2 is 2.31 bits per heavy atom. The number of amides is 2. The topological polar surface area (TPSA) is 88.1 Å². The zero-order valence-electron chi connectivity index (χ0n) is 14.7. The number of hydrogen-bond acceptors (Lipinski definition) is 5. The van der Waals surface area contributed by atoms with Gasteiger partial charge in [0.25, 0.3) is 5.91 Å². The Morgan fingerprint density at radius 3 is 3.00 bits per heavy atom. The summed E-state index contributed by atoms with van der Waals surface area (Å²) in [5.41, 5.74) is 0.972. The van der Waals surface area contributed by atoms with Gasteiger partial charge in [0.2, 0.25) is 5.91 Å². The highest BCUT2D eigenvalue weighted by Gasteiger charge is 2.32. The normalized spacial score (nSPS) is 22.9. The van der Waals surface area contributed by atoms with Gasteiger partial charge < -0.3 is 10.6 Å². The predicted molar refractivity (Wildman–Crippen MR) is 100 cm³/mol. The zero-order valence-corrected chi connectivity index (χ0v) is 15.5. The van der Waals surface area contributed by atoms with Crippen LogP contribution in [0.5, 0.6) is 0 Å². The van der Waals surface area contributed by atoms with Crippen molar-refractivity contribution in [1.29, 1.82) is 0 Å². The van der Waals surface area contributed by atoms with Crippen LogP contribution in [0.2, 0.25) is 0 Å². The van der Waals surface area contributed by atoms with E-state index in [0.717, 1.165) is 31.4 Å². The van der Waals surface area contributed by atoms with Gasteiger partial charge in [0.05, 0.1) is 10.6 Å². The van der Waals surface area contributed by atoms with Crippen LogP contribution in [0.15, 0.2) is 23.6 Å². The number of thiophene rings is 1. The third-order valence-electron chi connectivity index (χ3n) is 4.74. The smallest absolute Gasteiger partial charge is 0.266 e. The average molecular weight is 373 g/mol. The van der Waals surface area contributed by atoms with Gasteiger partial charge in [-0.2, -0.15) is 5.10 Å². The van der Waals surface area contributed by atoms with E-state index >= 15 is 0 Å². The highest BCUT2D eigenvalue weighted by Crippen LogP contribution is 2.40. The van der Waals surface area contributed by atoms with E-state index < -0.39 is 6.29 Å². The van der Waals surface area contributed by atoms with Gasteiger partial charge in [0, 0.05) is 24.4 Å². The van der Waals surface area contributed by atoms with Crippen molar-refractivity contribution in [2.45, 2.75) is 57.3 Å². The van der Waals surface area contributed by atoms with E-state index in [0.29, 0.717) is 23.0 Å². The van der Waals surface area contributed by atoms with E-state index in [4.69, 9.17) is 0 Å². The van der Waals surface area contributed by atoms with Crippen LogP contribution in [0.3, 0.4) is 0 Å². The summed E-state index contributed by atoms with van der Waals surface area (Å²) in [5.74, 6) is 0.918. The summed E-state index contributed by atoms with van der Waals surface area (Å²) in [6, 6.07) is 5.69. The fraction of sp³-hybridized carbons (Fsp3) is 0.500. The van der Waals surface area contributed by atoms with E-state index in [2.05, 4.69) is 28.0 Å². The van der Waals surface area contributed by atoms with Crippen LogP contribution in [-0.4, -0.2) is 27.6 Å². The van der Waals surface area contributed by atoms with Crippen molar-refractivity contribution in [2.75, 3.05) is 5.32 Å². The van der Waals surface area contributed by atoms with Gasteiger partial charge in [-0.25, -0.2) is 4.68 Å². The van der Waals surface area contributed by atoms with E-state index in [1.807, 2.05) is 17.5 Å². The molecule has 2 aromatic rings. The van der Waals surface area contributed by atoms with Crippen molar-refractivity contribution in [3.8, 4) is 0 Å². The van der Waals surface area contributed by atoms with Crippen molar-refractivity contribution in [3.05, 3.63) is 34.2 Å². The molecule has 1 saturated carbocycles. The SMILES string of the molecule is CCCC1CC(=O)NC(n2nc(C3CC3)cc2NC(=O)c2cccs2)N1. The number of rotatable bonds is 6. The van der Waals surface area contributed by atoms with Crippen molar-refractivity contribution in [3.63, 3.8) is 0 Å². The number of anilines is 1. The first-order valence-electron chi connectivity index (χ1n) is 9.13.